The first kappa shape index (κ1) is 18.9. The molecule has 1 fully saturated rings. The third-order valence-electron chi connectivity index (χ3n) is 3.98. The number of rotatable bonds is 4. The molecule has 0 bridgehead atoms. The molecule has 0 spiro atoms. The normalized spacial score (nSPS) is 18.4. The van der Waals surface area contributed by atoms with Crippen LogP contribution in [0.1, 0.15) is 12.0 Å². The molecule has 5 nitrogen and oxygen atoms in total. The molecule has 1 heterocycles. The van der Waals surface area contributed by atoms with Gasteiger partial charge in [0.25, 0.3) is 0 Å². The minimum atomic E-state index is -0.452. The Morgan fingerprint density at radius 3 is 2.62 bits per heavy atom. The zero-order chi connectivity index (χ0) is 18.7. The topological polar surface area (TPSA) is 61.8 Å². The van der Waals surface area contributed by atoms with Crippen molar-refractivity contribution in [1.29, 1.82) is 0 Å². The molecule has 2 amide bonds. The molecule has 1 N–H and O–H groups in total. The molecule has 7 heteroatoms. The summed E-state index contributed by atoms with van der Waals surface area (Å²) >= 11 is 3.57. The van der Waals surface area contributed by atoms with Crippen LogP contribution in [-0.4, -0.2) is 34.2 Å². The number of aryl methyl sites for hydroxylation is 1. The number of amides is 2. The first-order chi connectivity index (χ1) is 12.4. The van der Waals surface area contributed by atoms with E-state index in [-0.39, 0.29) is 18.2 Å². The van der Waals surface area contributed by atoms with E-state index in [0.717, 1.165) is 20.5 Å². The van der Waals surface area contributed by atoms with Gasteiger partial charge in [0.2, 0.25) is 11.8 Å². The highest BCUT2D eigenvalue weighted by molar-refractivity contribution is 14.1. The molecule has 1 atom stereocenters. The molecular formula is C19H18IN3O2S. The van der Waals surface area contributed by atoms with Crippen molar-refractivity contribution in [3.8, 4) is 0 Å². The molecule has 1 aliphatic rings. The van der Waals surface area contributed by atoms with Gasteiger partial charge in [0.05, 0.1) is 5.69 Å². The Labute approximate surface area is 170 Å². The minimum Gasteiger partial charge on any atom is -0.326 e. The number of nitrogens with zero attached hydrogens (tertiary/aromatic N) is 2. The number of thioether (sulfide) groups is 1. The molecule has 0 radical (unpaired) electrons. The SMILES string of the molecule is Cc1ccccc1NC(=O)C[C@H]1SC(=Nc2ccc(I)cc2)N(C)C1=O. The van der Waals surface area contributed by atoms with Gasteiger partial charge >= 0.3 is 0 Å². The number of carbonyl (C=O) groups excluding carboxylic acids is 2. The van der Waals surface area contributed by atoms with Crippen molar-refractivity contribution in [3.63, 3.8) is 0 Å². The number of hydrogen-bond acceptors (Lipinski definition) is 4. The van der Waals surface area contributed by atoms with Crippen LogP contribution in [0.4, 0.5) is 11.4 Å². The lowest BCUT2D eigenvalue weighted by Crippen LogP contribution is -2.30. The summed E-state index contributed by atoms with van der Waals surface area (Å²) in [4.78, 5) is 30.9. The fraction of sp³-hybridized carbons (Fsp3) is 0.211. The van der Waals surface area contributed by atoms with Crippen LogP contribution < -0.4 is 5.32 Å². The van der Waals surface area contributed by atoms with Crippen molar-refractivity contribution in [3.05, 3.63) is 57.7 Å². The van der Waals surface area contributed by atoms with Gasteiger partial charge in [-0.2, -0.15) is 0 Å². The van der Waals surface area contributed by atoms with Gasteiger partial charge in [-0.25, -0.2) is 4.99 Å². The van der Waals surface area contributed by atoms with Crippen LogP contribution >= 0.6 is 34.4 Å². The number of halogens is 1. The van der Waals surface area contributed by atoms with Crippen LogP contribution in [0.3, 0.4) is 0 Å². The van der Waals surface area contributed by atoms with Gasteiger partial charge in [0.1, 0.15) is 5.25 Å². The maximum absolute atomic E-state index is 12.5. The lowest BCUT2D eigenvalue weighted by atomic mass is 10.2. The Hall–Kier alpha value is -1.87. The molecule has 3 rings (SSSR count). The largest absolute Gasteiger partial charge is 0.326 e. The summed E-state index contributed by atoms with van der Waals surface area (Å²) in [6.45, 7) is 1.94. The van der Waals surface area contributed by atoms with Crippen LogP contribution in [0.5, 0.6) is 0 Å². The second kappa shape index (κ2) is 8.22. The van der Waals surface area contributed by atoms with Gasteiger partial charge in [-0.3, -0.25) is 14.5 Å². The molecule has 1 saturated heterocycles. The van der Waals surface area contributed by atoms with E-state index < -0.39 is 5.25 Å². The highest BCUT2D eigenvalue weighted by Gasteiger charge is 2.37. The summed E-state index contributed by atoms with van der Waals surface area (Å²) < 4.78 is 1.13. The monoisotopic (exact) mass is 479 g/mol. The predicted octanol–water partition coefficient (Wildman–Crippen LogP) is 4.19. The lowest BCUT2D eigenvalue weighted by Gasteiger charge is -2.10. The van der Waals surface area contributed by atoms with Gasteiger partial charge in [-0.15, -0.1) is 0 Å². The summed E-state index contributed by atoms with van der Waals surface area (Å²) in [5.74, 6) is -0.270. The second-order valence-electron chi connectivity index (χ2n) is 5.94. The zero-order valence-electron chi connectivity index (χ0n) is 14.4. The predicted molar refractivity (Wildman–Crippen MR) is 115 cm³/mol. The van der Waals surface area contributed by atoms with E-state index in [9.17, 15) is 9.59 Å². The molecule has 0 unspecified atom stereocenters. The van der Waals surface area contributed by atoms with Gasteiger partial charge in [-0.05, 0) is 65.4 Å². The molecular weight excluding hydrogens is 461 g/mol. The van der Waals surface area contributed by atoms with Crippen molar-refractivity contribution >= 4 is 62.7 Å². The Balaban J connectivity index is 1.67. The van der Waals surface area contributed by atoms with Gasteiger partial charge in [0, 0.05) is 22.7 Å². The maximum atomic E-state index is 12.5. The van der Waals surface area contributed by atoms with Crippen LogP contribution in [0, 0.1) is 10.5 Å². The lowest BCUT2D eigenvalue weighted by molar-refractivity contribution is -0.127. The number of aliphatic imine (C=N–C) groups is 1. The van der Waals surface area contributed by atoms with Crippen molar-refractivity contribution < 1.29 is 9.59 Å². The average molecular weight is 479 g/mol. The van der Waals surface area contributed by atoms with E-state index in [1.165, 1.54) is 16.7 Å². The van der Waals surface area contributed by atoms with Gasteiger partial charge < -0.3 is 5.32 Å². The standard InChI is InChI=1S/C19H18IN3O2S/c1-12-5-3-4-6-15(12)22-17(24)11-16-18(25)23(2)19(26-16)21-14-9-7-13(20)8-10-14/h3-10,16H,11H2,1-2H3,(H,22,24)/t16-/m1/s1. The number of nitrogens with one attached hydrogen (secondary N) is 1. The van der Waals surface area contributed by atoms with E-state index in [1.54, 1.807) is 7.05 Å². The Bertz CT molecular complexity index is 867. The number of anilines is 1. The van der Waals surface area contributed by atoms with Crippen molar-refractivity contribution in [2.24, 2.45) is 4.99 Å². The van der Waals surface area contributed by atoms with E-state index in [1.807, 2.05) is 55.5 Å². The highest BCUT2D eigenvalue weighted by Crippen LogP contribution is 2.31. The number of benzene rings is 2. The third kappa shape index (κ3) is 4.45. The summed E-state index contributed by atoms with van der Waals surface area (Å²) in [6, 6.07) is 15.3. The molecule has 134 valence electrons. The Morgan fingerprint density at radius 2 is 1.92 bits per heavy atom. The number of hydrogen-bond donors (Lipinski definition) is 1. The number of para-hydroxylation sites is 1. The van der Waals surface area contributed by atoms with E-state index in [0.29, 0.717) is 5.17 Å². The summed E-state index contributed by atoms with van der Waals surface area (Å²) in [5, 5.41) is 3.04. The number of amidine groups is 1. The van der Waals surface area contributed by atoms with E-state index >= 15 is 0 Å². The Morgan fingerprint density at radius 1 is 1.23 bits per heavy atom. The van der Waals surface area contributed by atoms with Crippen molar-refractivity contribution in [1.82, 2.24) is 4.90 Å². The molecule has 2 aromatic carbocycles. The number of carbonyl (C=O) groups is 2. The smallest absolute Gasteiger partial charge is 0.242 e. The maximum Gasteiger partial charge on any atom is 0.242 e. The minimum absolute atomic E-state index is 0.0980. The summed E-state index contributed by atoms with van der Waals surface area (Å²) in [6.07, 6.45) is 0.119. The van der Waals surface area contributed by atoms with Gasteiger partial charge in [0.15, 0.2) is 5.17 Å². The first-order valence-corrected chi connectivity index (χ1v) is 10.0. The van der Waals surface area contributed by atoms with Crippen LogP contribution in [0.25, 0.3) is 0 Å². The van der Waals surface area contributed by atoms with Crippen LogP contribution in [0.2, 0.25) is 0 Å². The average Bonchev–Trinajstić information content (AvgIpc) is 2.87. The molecule has 2 aromatic rings. The quantitative estimate of drug-likeness (QED) is 0.670. The fourth-order valence-corrected chi connectivity index (χ4v) is 4.02. The Kier molecular flexibility index (Phi) is 5.98. The molecule has 0 aliphatic carbocycles. The summed E-state index contributed by atoms with van der Waals surface area (Å²) in [7, 11) is 1.69. The summed E-state index contributed by atoms with van der Waals surface area (Å²) in [5.41, 5.74) is 2.55. The van der Waals surface area contributed by atoms with Crippen molar-refractivity contribution in [2.75, 3.05) is 12.4 Å². The van der Waals surface area contributed by atoms with Crippen LogP contribution in [0.15, 0.2) is 53.5 Å². The molecule has 0 aromatic heterocycles. The van der Waals surface area contributed by atoms with Crippen LogP contribution in [-0.2, 0) is 9.59 Å². The molecule has 1 aliphatic heterocycles. The second-order valence-corrected chi connectivity index (χ2v) is 8.36. The highest BCUT2D eigenvalue weighted by atomic mass is 127. The third-order valence-corrected chi connectivity index (χ3v) is 5.93. The fourth-order valence-electron chi connectivity index (χ4n) is 2.51. The van der Waals surface area contributed by atoms with E-state index in [2.05, 4.69) is 32.9 Å². The molecule has 0 saturated carbocycles. The zero-order valence-corrected chi connectivity index (χ0v) is 17.4. The van der Waals surface area contributed by atoms with Crippen molar-refractivity contribution in [2.45, 2.75) is 18.6 Å². The van der Waals surface area contributed by atoms with E-state index in [4.69, 9.17) is 0 Å². The van der Waals surface area contributed by atoms with Gasteiger partial charge in [-0.1, -0.05) is 30.0 Å². The molecule has 26 heavy (non-hydrogen) atoms. The first-order valence-electron chi connectivity index (χ1n) is 8.08.